The number of alkyl halides is 7. The Balaban J connectivity index is 1.97. The fourth-order valence-electron chi connectivity index (χ4n) is 2.20. The Morgan fingerprint density at radius 1 is 1.03 bits per heavy atom. The second-order valence-corrected chi connectivity index (χ2v) is 5.68. The van der Waals surface area contributed by atoms with Crippen molar-refractivity contribution in [1.82, 2.24) is 5.43 Å². The van der Waals surface area contributed by atoms with E-state index in [0.29, 0.717) is 0 Å². The summed E-state index contributed by atoms with van der Waals surface area (Å²) in [6, 6.07) is 7.08. The van der Waals surface area contributed by atoms with Gasteiger partial charge in [-0.15, -0.1) is 0 Å². The van der Waals surface area contributed by atoms with Gasteiger partial charge in [0.25, 0.3) is 5.91 Å². The first-order valence-corrected chi connectivity index (χ1v) is 8.31. The Kier molecular flexibility index (Phi) is 8.05. The predicted octanol–water partition coefficient (Wildman–Crippen LogP) is 4.47. The molecule has 2 aromatic carbocycles. The highest BCUT2D eigenvalue weighted by Gasteiger charge is 2.30. The average molecular weight is 453 g/mol. The summed E-state index contributed by atoms with van der Waals surface area (Å²) in [5, 5.41) is 5.98. The quantitative estimate of drug-likeness (QED) is 0.334. The number of hydrogen-bond donors (Lipinski definition) is 2. The van der Waals surface area contributed by atoms with Crippen LogP contribution in [0.15, 0.2) is 47.6 Å². The fraction of sp³-hybridized carbons (Fsp3) is 0.222. The van der Waals surface area contributed by atoms with Crippen molar-refractivity contribution in [2.75, 3.05) is 11.9 Å². The fourth-order valence-corrected chi connectivity index (χ4v) is 2.20. The summed E-state index contributed by atoms with van der Waals surface area (Å²) in [4.78, 5) is 11.8. The lowest BCUT2D eigenvalue weighted by molar-refractivity contribution is -0.137. The van der Waals surface area contributed by atoms with Gasteiger partial charge in [-0.3, -0.25) is 4.79 Å². The van der Waals surface area contributed by atoms with Crippen LogP contribution in [0.2, 0.25) is 0 Å². The van der Waals surface area contributed by atoms with Gasteiger partial charge in [-0.25, -0.2) is 5.43 Å². The van der Waals surface area contributed by atoms with Crippen molar-refractivity contribution in [1.29, 1.82) is 0 Å². The lowest BCUT2D eigenvalue weighted by Crippen LogP contribution is -2.26. The van der Waals surface area contributed by atoms with Crippen molar-refractivity contribution >= 4 is 17.8 Å². The molecule has 31 heavy (non-hydrogen) atoms. The van der Waals surface area contributed by atoms with E-state index in [1.165, 1.54) is 6.07 Å². The third kappa shape index (κ3) is 8.03. The van der Waals surface area contributed by atoms with Crippen molar-refractivity contribution in [3.63, 3.8) is 0 Å². The molecule has 0 fully saturated rings. The minimum absolute atomic E-state index is 0.0381. The van der Waals surface area contributed by atoms with Gasteiger partial charge in [0.15, 0.2) is 0 Å². The normalized spacial score (nSPS) is 11.8. The molecule has 1 amide bonds. The van der Waals surface area contributed by atoms with Crippen molar-refractivity contribution in [3.05, 3.63) is 53.6 Å². The summed E-state index contributed by atoms with van der Waals surface area (Å²) < 4.78 is 95.8. The zero-order chi connectivity index (χ0) is 23.0. The predicted molar refractivity (Wildman–Crippen MR) is 95.4 cm³/mol. The van der Waals surface area contributed by atoms with E-state index in [-0.39, 0.29) is 11.3 Å². The van der Waals surface area contributed by atoms with Gasteiger partial charge in [0.2, 0.25) is 0 Å². The first-order valence-electron chi connectivity index (χ1n) is 8.31. The number of hydrazone groups is 1. The zero-order valence-corrected chi connectivity index (χ0v) is 15.3. The Hall–Kier alpha value is -3.51. The summed E-state index contributed by atoms with van der Waals surface area (Å²) in [6.45, 7) is -6.89. The minimum atomic E-state index is -4.54. The van der Waals surface area contributed by atoms with Crippen LogP contribution < -0.4 is 20.2 Å². The van der Waals surface area contributed by atoms with Crippen LogP contribution in [0.4, 0.5) is 36.4 Å². The first kappa shape index (κ1) is 23.8. The van der Waals surface area contributed by atoms with Gasteiger partial charge in [0, 0.05) is 17.3 Å². The molecule has 0 saturated heterocycles. The van der Waals surface area contributed by atoms with E-state index in [9.17, 15) is 35.5 Å². The third-order valence-corrected chi connectivity index (χ3v) is 3.46. The summed E-state index contributed by atoms with van der Waals surface area (Å²) in [5.41, 5.74) is 1.07. The van der Waals surface area contributed by atoms with Crippen molar-refractivity contribution in [2.24, 2.45) is 5.10 Å². The van der Waals surface area contributed by atoms with Gasteiger partial charge in [0.1, 0.15) is 11.5 Å². The Morgan fingerprint density at radius 3 is 2.39 bits per heavy atom. The highest BCUT2D eigenvalue weighted by molar-refractivity contribution is 5.86. The number of ether oxygens (including phenoxy) is 2. The molecule has 0 aliphatic heterocycles. The second kappa shape index (κ2) is 10.5. The molecule has 2 rings (SSSR count). The number of amides is 1. The van der Waals surface area contributed by atoms with Gasteiger partial charge in [-0.05, 0) is 30.3 Å². The topological polar surface area (TPSA) is 72.0 Å². The van der Waals surface area contributed by atoms with Crippen LogP contribution >= 0.6 is 0 Å². The van der Waals surface area contributed by atoms with Crippen LogP contribution in [0, 0.1) is 0 Å². The molecule has 0 aliphatic carbocycles. The van der Waals surface area contributed by atoms with Crippen LogP contribution in [-0.2, 0) is 11.0 Å². The molecule has 0 heterocycles. The smallest absolute Gasteiger partial charge is 0.416 e. The number of rotatable bonds is 9. The molecule has 0 aromatic heterocycles. The first-order chi connectivity index (χ1) is 14.5. The monoisotopic (exact) mass is 453 g/mol. The summed E-state index contributed by atoms with van der Waals surface area (Å²) in [7, 11) is 0. The number of hydrogen-bond acceptors (Lipinski definition) is 5. The highest BCUT2D eigenvalue weighted by Crippen LogP contribution is 2.30. The SMILES string of the molecule is O=C(CNc1cccc(C(F)(F)F)c1)NN=Cc1ccc(OC(F)F)cc1OC(F)F. The van der Waals surface area contributed by atoms with Gasteiger partial charge >= 0.3 is 19.4 Å². The molecule has 6 nitrogen and oxygen atoms in total. The lowest BCUT2D eigenvalue weighted by Gasteiger charge is -2.11. The van der Waals surface area contributed by atoms with Crippen LogP contribution in [0.25, 0.3) is 0 Å². The van der Waals surface area contributed by atoms with Crippen molar-refractivity contribution in [3.8, 4) is 11.5 Å². The summed E-state index contributed by atoms with van der Waals surface area (Å²) >= 11 is 0. The lowest BCUT2D eigenvalue weighted by atomic mass is 10.2. The average Bonchev–Trinajstić information content (AvgIpc) is 2.66. The molecule has 168 valence electrons. The van der Waals surface area contributed by atoms with Crippen LogP contribution in [-0.4, -0.2) is 31.9 Å². The van der Waals surface area contributed by atoms with Crippen LogP contribution in [0.1, 0.15) is 11.1 Å². The number of anilines is 1. The second-order valence-electron chi connectivity index (χ2n) is 5.68. The number of carbonyl (C=O) groups is 1. The standard InChI is InChI=1S/C18H14F7N3O3/c19-16(20)30-13-5-4-10(14(7-13)31-17(21)22)8-27-28-15(29)9-26-12-3-1-2-11(6-12)18(23,24)25/h1-8,16-17,26H,9H2,(H,28,29). The number of carbonyl (C=O) groups excluding carboxylic acids is 1. The molecule has 0 bridgehead atoms. The molecular weight excluding hydrogens is 439 g/mol. The van der Waals surface area contributed by atoms with E-state index >= 15 is 0 Å². The Labute approximate surface area is 170 Å². The number of nitrogens with zero attached hydrogens (tertiary/aromatic N) is 1. The van der Waals surface area contributed by atoms with Gasteiger partial charge in [-0.2, -0.15) is 35.8 Å². The van der Waals surface area contributed by atoms with E-state index in [2.05, 4.69) is 19.9 Å². The van der Waals surface area contributed by atoms with Gasteiger partial charge < -0.3 is 14.8 Å². The summed E-state index contributed by atoms with van der Waals surface area (Å²) in [6.07, 6.45) is -3.63. The molecule has 2 aromatic rings. The largest absolute Gasteiger partial charge is 0.435 e. The molecule has 0 atom stereocenters. The molecule has 13 heteroatoms. The van der Waals surface area contributed by atoms with E-state index in [1.807, 2.05) is 5.43 Å². The number of benzene rings is 2. The number of halogens is 7. The number of nitrogens with one attached hydrogen (secondary N) is 2. The zero-order valence-electron chi connectivity index (χ0n) is 15.3. The van der Waals surface area contributed by atoms with Crippen LogP contribution in [0.5, 0.6) is 11.5 Å². The van der Waals surface area contributed by atoms with Crippen molar-refractivity contribution < 1.29 is 45.0 Å². The van der Waals surface area contributed by atoms with Gasteiger partial charge in [0.05, 0.1) is 18.3 Å². The molecule has 2 N–H and O–H groups in total. The summed E-state index contributed by atoms with van der Waals surface area (Å²) in [5.74, 6) is -1.73. The molecule has 0 aliphatic rings. The van der Waals surface area contributed by atoms with E-state index in [1.54, 1.807) is 0 Å². The molecular formula is C18H14F7N3O3. The third-order valence-electron chi connectivity index (χ3n) is 3.46. The van der Waals surface area contributed by atoms with Crippen molar-refractivity contribution in [2.45, 2.75) is 19.4 Å². The highest BCUT2D eigenvalue weighted by atomic mass is 19.4. The molecule has 0 radical (unpaired) electrons. The maximum absolute atomic E-state index is 12.7. The van der Waals surface area contributed by atoms with Gasteiger partial charge in [-0.1, -0.05) is 6.07 Å². The Morgan fingerprint density at radius 2 is 1.74 bits per heavy atom. The molecule has 0 saturated carbocycles. The van der Waals surface area contributed by atoms with Crippen LogP contribution in [0.3, 0.4) is 0 Å². The van der Waals surface area contributed by atoms with E-state index < -0.39 is 48.9 Å². The van der Waals surface area contributed by atoms with E-state index in [0.717, 1.165) is 42.6 Å². The maximum Gasteiger partial charge on any atom is 0.416 e. The molecule has 0 unspecified atom stereocenters. The molecule has 0 spiro atoms. The van der Waals surface area contributed by atoms with E-state index in [4.69, 9.17) is 0 Å². The maximum atomic E-state index is 12.7. The Bertz CT molecular complexity index is 921. The minimum Gasteiger partial charge on any atom is -0.435 e.